The molecule has 0 saturated heterocycles. The van der Waals surface area contributed by atoms with Crippen molar-refractivity contribution in [3.8, 4) is 0 Å². The molecule has 0 bridgehead atoms. The molecule has 6 heteroatoms. The fourth-order valence-electron chi connectivity index (χ4n) is 1.55. The Hall–Kier alpha value is -1.98. The Kier molecular flexibility index (Phi) is 3.78. The maximum atomic E-state index is 12.7. The molecule has 1 aromatic rings. The van der Waals surface area contributed by atoms with E-state index < -0.39 is 17.8 Å². The fourth-order valence-corrected chi connectivity index (χ4v) is 1.55. The number of carbonyl (C=O) groups excluding carboxylic acids is 1. The molecular formula is C13H13F3N2O. The van der Waals surface area contributed by atoms with Crippen LogP contribution in [0, 0.1) is 5.92 Å². The van der Waals surface area contributed by atoms with Gasteiger partial charge in [0.15, 0.2) is 0 Å². The minimum absolute atomic E-state index is 0.257. The number of hydrogen-bond donors (Lipinski definition) is 2. The zero-order valence-corrected chi connectivity index (χ0v) is 10.00. The van der Waals surface area contributed by atoms with Crippen LogP contribution in [0.25, 0.3) is 0 Å². The molecular weight excluding hydrogens is 257 g/mol. The van der Waals surface area contributed by atoms with Crippen LogP contribution in [-0.2, 0) is 6.18 Å². The molecule has 0 aliphatic heterocycles. The molecule has 0 spiro atoms. The normalized spacial score (nSPS) is 15.5. The van der Waals surface area contributed by atoms with Gasteiger partial charge in [-0.3, -0.25) is 0 Å². The number of amides is 2. The molecule has 0 heterocycles. The highest BCUT2D eigenvalue weighted by Gasteiger charge is 2.33. The topological polar surface area (TPSA) is 41.1 Å². The molecule has 102 valence electrons. The average molecular weight is 270 g/mol. The number of urea groups is 1. The number of halogens is 3. The third-order valence-corrected chi connectivity index (χ3v) is 2.69. The monoisotopic (exact) mass is 270 g/mol. The van der Waals surface area contributed by atoms with Crippen LogP contribution in [0.1, 0.15) is 18.4 Å². The fraction of sp³-hybridized carbons (Fsp3) is 0.308. The molecule has 3 nitrogen and oxygen atoms in total. The molecule has 0 unspecified atom stereocenters. The smallest absolute Gasteiger partial charge is 0.315 e. The summed E-state index contributed by atoms with van der Waals surface area (Å²) in [4.78, 5) is 11.5. The number of benzene rings is 1. The molecule has 0 radical (unpaired) electrons. The summed E-state index contributed by atoms with van der Waals surface area (Å²) >= 11 is 0. The highest BCUT2D eigenvalue weighted by atomic mass is 19.4. The van der Waals surface area contributed by atoms with Crippen LogP contribution in [0.3, 0.4) is 0 Å². The Balaban J connectivity index is 1.99. The van der Waals surface area contributed by atoms with Crippen LogP contribution in [0.15, 0.2) is 36.5 Å². The molecule has 1 aliphatic carbocycles. The van der Waals surface area contributed by atoms with E-state index in [1.54, 1.807) is 0 Å². The highest BCUT2D eigenvalue weighted by Crippen LogP contribution is 2.34. The van der Waals surface area contributed by atoms with Crippen LogP contribution in [0.5, 0.6) is 0 Å². The summed E-state index contributed by atoms with van der Waals surface area (Å²) in [5.41, 5.74) is -1.12. The summed E-state index contributed by atoms with van der Waals surface area (Å²) in [6.45, 7) is 0. The number of allylic oxidation sites excluding steroid dienone is 1. The molecule has 2 amide bonds. The minimum Gasteiger partial charge on any atom is -0.315 e. The second-order valence-electron chi connectivity index (χ2n) is 4.34. The van der Waals surface area contributed by atoms with Crippen LogP contribution in [-0.4, -0.2) is 6.03 Å². The summed E-state index contributed by atoms with van der Waals surface area (Å²) in [7, 11) is 0. The van der Waals surface area contributed by atoms with Crippen molar-refractivity contribution >= 4 is 11.7 Å². The zero-order valence-electron chi connectivity index (χ0n) is 10.00. The summed E-state index contributed by atoms with van der Waals surface area (Å²) in [5.74, 6) is 0.489. The van der Waals surface area contributed by atoms with Gasteiger partial charge < -0.3 is 10.6 Å². The van der Waals surface area contributed by atoms with Gasteiger partial charge in [0.25, 0.3) is 0 Å². The van der Waals surface area contributed by atoms with Gasteiger partial charge in [0, 0.05) is 6.20 Å². The van der Waals surface area contributed by atoms with Crippen molar-refractivity contribution < 1.29 is 18.0 Å². The van der Waals surface area contributed by atoms with Gasteiger partial charge in [0.2, 0.25) is 0 Å². The molecule has 2 rings (SSSR count). The minimum atomic E-state index is -4.49. The number of carbonyl (C=O) groups is 1. The van der Waals surface area contributed by atoms with Gasteiger partial charge in [0.05, 0.1) is 11.3 Å². The van der Waals surface area contributed by atoms with Crippen molar-refractivity contribution in [3.63, 3.8) is 0 Å². The van der Waals surface area contributed by atoms with Gasteiger partial charge >= 0.3 is 12.2 Å². The van der Waals surface area contributed by atoms with Gasteiger partial charge in [-0.2, -0.15) is 13.2 Å². The second-order valence-corrected chi connectivity index (χ2v) is 4.34. The third kappa shape index (κ3) is 4.01. The molecule has 0 aromatic heterocycles. The Morgan fingerprint density at radius 2 is 1.95 bits per heavy atom. The standard InChI is InChI=1S/C13H13F3N2O/c14-13(15,16)10-3-1-2-4-11(10)18-12(19)17-8-7-9-5-6-9/h1-4,7-9H,5-6H2,(H2,17,18,19)/b8-7+. The first-order valence-electron chi connectivity index (χ1n) is 5.87. The molecule has 1 fully saturated rings. The van der Waals surface area contributed by atoms with Crippen molar-refractivity contribution in [2.24, 2.45) is 5.92 Å². The van der Waals surface area contributed by atoms with Gasteiger partial charge in [-0.25, -0.2) is 4.79 Å². The summed E-state index contributed by atoms with van der Waals surface area (Å²) in [6, 6.07) is 4.17. The SMILES string of the molecule is O=C(N/C=C/C1CC1)Nc1ccccc1C(F)(F)F. The number of rotatable bonds is 3. The van der Waals surface area contributed by atoms with E-state index in [1.165, 1.54) is 24.4 Å². The number of anilines is 1. The van der Waals surface area contributed by atoms with Crippen molar-refractivity contribution in [1.29, 1.82) is 0 Å². The van der Waals surface area contributed by atoms with E-state index in [2.05, 4.69) is 10.6 Å². The van der Waals surface area contributed by atoms with Crippen molar-refractivity contribution in [1.82, 2.24) is 5.32 Å². The Bertz CT molecular complexity index is 493. The van der Waals surface area contributed by atoms with E-state index in [1.807, 2.05) is 6.08 Å². The van der Waals surface area contributed by atoms with Crippen molar-refractivity contribution in [3.05, 3.63) is 42.1 Å². The largest absolute Gasteiger partial charge is 0.418 e. The molecule has 1 saturated carbocycles. The molecule has 1 aliphatic rings. The van der Waals surface area contributed by atoms with E-state index in [9.17, 15) is 18.0 Å². The lowest BCUT2D eigenvalue weighted by molar-refractivity contribution is -0.136. The molecule has 19 heavy (non-hydrogen) atoms. The van der Waals surface area contributed by atoms with Crippen LogP contribution in [0.2, 0.25) is 0 Å². The molecule has 1 aromatic carbocycles. The summed E-state index contributed by atoms with van der Waals surface area (Å²) < 4.78 is 38.0. The van der Waals surface area contributed by atoms with E-state index in [0.717, 1.165) is 18.9 Å². The highest BCUT2D eigenvalue weighted by molar-refractivity contribution is 5.90. The quantitative estimate of drug-likeness (QED) is 0.862. The van der Waals surface area contributed by atoms with Crippen molar-refractivity contribution in [2.45, 2.75) is 19.0 Å². The lowest BCUT2D eigenvalue weighted by atomic mass is 10.1. The predicted molar refractivity (Wildman–Crippen MR) is 65.5 cm³/mol. The van der Waals surface area contributed by atoms with Gasteiger partial charge in [-0.1, -0.05) is 18.2 Å². The van der Waals surface area contributed by atoms with E-state index in [0.29, 0.717) is 5.92 Å². The lowest BCUT2D eigenvalue weighted by Gasteiger charge is -2.13. The first-order chi connectivity index (χ1) is 8.97. The first kappa shape index (κ1) is 13.5. The van der Waals surface area contributed by atoms with Crippen LogP contribution < -0.4 is 10.6 Å². The lowest BCUT2D eigenvalue weighted by Crippen LogP contribution is -2.25. The van der Waals surface area contributed by atoms with E-state index >= 15 is 0 Å². The number of para-hydroxylation sites is 1. The van der Waals surface area contributed by atoms with E-state index in [4.69, 9.17) is 0 Å². The molecule has 0 atom stereocenters. The molecule has 2 N–H and O–H groups in total. The van der Waals surface area contributed by atoms with E-state index in [-0.39, 0.29) is 5.69 Å². The van der Waals surface area contributed by atoms with Gasteiger partial charge in [-0.05, 0) is 30.9 Å². The number of hydrogen-bond acceptors (Lipinski definition) is 1. The third-order valence-electron chi connectivity index (χ3n) is 2.69. The predicted octanol–water partition coefficient (Wildman–Crippen LogP) is 3.75. The average Bonchev–Trinajstić information content (AvgIpc) is 3.12. The summed E-state index contributed by atoms with van der Waals surface area (Å²) in [5, 5.41) is 4.57. The van der Waals surface area contributed by atoms with Gasteiger partial charge in [0.1, 0.15) is 0 Å². The maximum absolute atomic E-state index is 12.7. The Labute approximate surface area is 108 Å². The second kappa shape index (κ2) is 5.34. The van der Waals surface area contributed by atoms with Crippen LogP contribution in [0.4, 0.5) is 23.7 Å². The van der Waals surface area contributed by atoms with Crippen molar-refractivity contribution in [2.75, 3.05) is 5.32 Å². The maximum Gasteiger partial charge on any atom is 0.418 e. The van der Waals surface area contributed by atoms with Gasteiger partial charge in [-0.15, -0.1) is 0 Å². The first-order valence-corrected chi connectivity index (χ1v) is 5.87. The zero-order chi connectivity index (χ0) is 13.9. The summed E-state index contributed by atoms with van der Waals surface area (Å²) in [6.07, 6.45) is 0.986. The van der Waals surface area contributed by atoms with Crippen LogP contribution >= 0.6 is 0 Å². The Morgan fingerprint density at radius 1 is 1.26 bits per heavy atom. The number of alkyl halides is 3. The Morgan fingerprint density at radius 3 is 2.58 bits per heavy atom. The number of nitrogens with one attached hydrogen (secondary N) is 2.